The van der Waals surface area contributed by atoms with E-state index in [1.54, 1.807) is 0 Å². The minimum atomic E-state index is 0.274. The van der Waals surface area contributed by atoms with Gasteiger partial charge in [0.15, 0.2) is 5.82 Å². The van der Waals surface area contributed by atoms with Crippen molar-refractivity contribution >= 4 is 17.8 Å². The minimum Gasteiger partial charge on any atom is -0.377 e. The molecule has 2 aliphatic carbocycles. The zero-order valence-electron chi connectivity index (χ0n) is 19.2. The molecule has 2 aliphatic heterocycles. The molecular weight excluding hydrogens is 414 g/mol. The Morgan fingerprint density at radius 1 is 1.12 bits per heavy atom. The number of fused-ring (bicyclic) bond motifs is 1. The molecule has 4 heterocycles. The van der Waals surface area contributed by atoms with Crippen LogP contribution in [0.15, 0.2) is 24.4 Å². The number of morpholine rings is 1. The van der Waals surface area contributed by atoms with Crippen molar-refractivity contribution < 1.29 is 9.53 Å². The van der Waals surface area contributed by atoms with Crippen LogP contribution in [0, 0.1) is 5.92 Å². The second-order valence-corrected chi connectivity index (χ2v) is 9.79. The van der Waals surface area contributed by atoms with E-state index < -0.39 is 0 Å². The molecule has 1 amide bonds. The van der Waals surface area contributed by atoms with Gasteiger partial charge >= 0.3 is 0 Å². The number of allylic oxidation sites excluding steroid dienone is 1. The Morgan fingerprint density at radius 3 is 2.76 bits per heavy atom. The van der Waals surface area contributed by atoms with E-state index in [1.165, 1.54) is 0 Å². The van der Waals surface area contributed by atoms with E-state index in [-0.39, 0.29) is 6.04 Å². The topological polar surface area (TPSA) is 71.5 Å². The zero-order valence-corrected chi connectivity index (χ0v) is 19.2. The van der Waals surface area contributed by atoms with Crippen LogP contribution in [0.5, 0.6) is 0 Å². The number of carbonyl (C=O) groups is 1. The molecule has 0 N–H and O–H groups in total. The average Bonchev–Trinajstić information content (AvgIpc) is 3.60. The zero-order chi connectivity index (χ0) is 22.4. The lowest BCUT2D eigenvalue weighted by Crippen LogP contribution is -2.44. The molecule has 1 saturated carbocycles. The van der Waals surface area contributed by atoms with Gasteiger partial charge in [0, 0.05) is 67.0 Å². The van der Waals surface area contributed by atoms with E-state index in [4.69, 9.17) is 14.7 Å². The number of anilines is 1. The number of amides is 1. The summed E-state index contributed by atoms with van der Waals surface area (Å²) in [6.45, 7) is 6.11. The number of piperidine rings is 1. The molecule has 0 unspecified atom stereocenters. The highest BCUT2D eigenvalue weighted by atomic mass is 16.5. The predicted octanol–water partition coefficient (Wildman–Crippen LogP) is 3.45. The van der Waals surface area contributed by atoms with Gasteiger partial charge in [0.25, 0.3) is 0 Å². The lowest BCUT2D eigenvalue weighted by atomic mass is 9.92. The number of ether oxygens (including phenoxy) is 1. The summed E-state index contributed by atoms with van der Waals surface area (Å²) in [6, 6.07) is 4.50. The second kappa shape index (κ2) is 8.52. The fourth-order valence-electron chi connectivity index (χ4n) is 5.33. The van der Waals surface area contributed by atoms with E-state index in [0.717, 1.165) is 85.9 Å². The van der Waals surface area contributed by atoms with Crippen molar-refractivity contribution in [2.24, 2.45) is 5.92 Å². The van der Waals surface area contributed by atoms with E-state index >= 15 is 0 Å². The summed E-state index contributed by atoms with van der Waals surface area (Å²) in [4.78, 5) is 31.6. The maximum atomic E-state index is 12.5. The van der Waals surface area contributed by atoms with Gasteiger partial charge in [-0.2, -0.15) is 0 Å². The molecule has 0 bridgehead atoms. The quantitative estimate of drug-likeness (QED) is 0.718. The molecule has 7 heteroatoms. The average molecular weight is 446 g/mol. The summed E-state index contributed by atoms with van der Waals surface area (Å²) in [6.07, 6.45) is 11.1. The maximum absolute atomic E-state index is 12.5. The molecule has 0 spiro atoms. The normalized spacial score (nSPS) is 23.1. The van der Waals surface area contributed by atoms with E-state index in [0.29, 0.717) is 31.0 Å². The summed E-state index contributed by atoms with van der Waals surface area (Å²) in [5, 5.41) is 0. The van der Waals surface area contributed by atoms with Gasteiger partial charge < -0.3 is 14.5 Å². The van der Waals surface area contributed by atoms with E-state index in [2.05, 4.69) is 39.9 Å². The Labute approximate surface area is 194 Å². The first-order valence-electron chi connectivity index (χ1n) is 12.3. The van der Waals surface area contributed by atoms with E-state index in [9.17, 15) is 4.79 Å². The van der Waals surface area contributed by atoms with Crippen LogP contribution in [0.4, 0.5) is 5.82 Å². The number of rotatable bonds is 4. The van der Waals surface area contributed by atoms with Gasteiger partial charge in [-0.3, -0.25) is 9.78 Å². The molecule has 7 nitrogen and oxygen atoms in total. The lowest BCUT2D eigenvalue weighted by Gasteiger charge is -2.35. The molecule has 33 heavy (non-hydrogen) atoms. The molecule has 172 valence electrons. The SMILES string of the molecule is C[C@@H]1COCCN1c1cc(C2CCN(C(=O)C3CC3)CC2)nc(-c2ccnc3c2C=CC3)n1. The third-order valence-electron chi connectivity index (χ3n) is 7.46. The van der Waals surface area contributed by atoms with Crippen LogP contribution in [0.3, 0.4) is 0 Å². The van der Waals surface area contributed by atoms with Gasteiger partial charge in [0.05, 0.1) is 24.9 Å². The van der Waals surface area contributed by atoms with Gasteiger partial charge in [-0.1, -0.05) is 12.2 Å². The number of carbonyl (C=O) groups excluding carboxylic acids is 1. The first-order chi connectivity index (χ1) is 16.2. The Kier molecular flexibility index (Phi) is 5.37. The maximum Gasteiger partial charge on any atom is 0.225 e. The smallest absolute Gasteiger partial charge is 0.225 e. The van der Waals surface area contributed by atoms with Crippen molar-refractivity contribution in [3.63, 3.8) is 0 Å². The van der Waals surface area contributed by atoms with Crippen LogP contribution in [0.25, 0.3) is 17.5 Å². The molecule has 1 atom stereocenters. The van der Waals surface area contributed by atoms with Crippen LogP contribution in [-0.2, 0) is 16.0 Å². The van der Waals surface area contributed by atoms with Crippen molar-refractivity contribution in [3.05, 3.63) is 41.4 Å². The van der Waals surface area contributed by atoms with Crippen molar-refractivity contribution in [3.8, 4) is 11.4 Å². The Balaban J connectivity index is 1.34. The Morgan fingerprint density at radius 2 is 1.97 bits per heavy atom. The highest BCUT2D eigenvalue weighted by molar-refractivity contribution is 5.81. The van der Waals surface area contributed by atoms with Crippen LogP contribution in [-0.4, -0.2) is 64.6 Å². The van der Waals surface area contributed by atoms with Crippen molar-refractivity contribution in [1.29, 1.82) is 0 Å². The first kappa shape index (κ1) is 20.8. The third-order valence-corrected chi connectivity index (χ3v) is 7.46. The molecule has 0 radical (unpaired) electrons. The van der Waals surface area contributed by atoms with Gasteiger partial charge in [-0.25, -0.2) is 9.97 Å². The third kappa shape index (κ3) is 4.03. The van der Waals surface area contributed by atoms with Gasteiger partial charge in [-0.15, -0.1) is 0 Å². The highest BCUT2D eigenvalue weighted by Crippen LogP contribution is 2.36. The van der Waals surface area contributed by atoms with Crippen LogP contribution in [0.1, 0.15) is 55.5 Å². The molecule has 3 fully saturated rings. The number of pyridine rings is 1. The summed E-state index contributed by atoms with van der Waals surface area (Å²) in [7, 11) is 0. The first-order valence-corrected chi connectivity index (χ1v) is 12.3. The minimum absolute atomic E-state index is 0.274. The number of hydrogen-bond donors (Lipinski definition) is 0. The number of likely N-dealkylation sites (tertiary alicyclic amines) is 1. The summed E-state index contributed by atoms with van der Waals surface area (Å²) in [5.74, 6) is 2.76. The molecule has 2 aromatic heterocycles. The number of aromatic nitrogens is 3. The molecular formula is C26H31N5O2. The fraction of sp³-hybridized carbons (Fsp3) is 0.538. The van der Waals surface area contributed by atoms with E-state index in [1.807, 2.05) is 12.3 Å². The Hall–Kier alpha value is -2.80. The van der Waals surface area contributed by atoms with Gasteiger partial charge in [-0.05, 0) is 38.7 Å². The molecule has 2 aromatic rings. The Bertz CT molecular complexity index is 1090. The number of nitrogens with zero attached hydrogens (tertiary/aromatic N) is 5. The monoisotopic (exact) mass is 445 g/mol. The largest absolute Gasteiger partial charge is 0.377 e. The molecule has 2 saturated heterocycles. The highest BCUT2D eigenvalue weighted by Gasteiger charge is 2.35. The summed E-state index contributed by atoms with van der Waals surface area (Å²) >= 11 is 0. The summed E-state index contributed by atoms with van der Waals surface area (Å²) in [5.41, 5.74) is 4.38. The molecule has 4 aliphatic rings. The van der Waals surface area contributed by atoms with Gasteiger partial charge in [0.2, 0.25) is 5.91 Å². The summed E-state index contributed by atoms with van der Waals surface area (Å²) < 4.78 is 5.67. The fourth-order valence-corrected chi connectivity index (χ4v) is 5.33. The molecule has 0 aromatic carbocycles. The number of hydrogen-bond acceptors (Lipinski definition) is 6. The van der Waals surface area contributed by atoms with Crippen LogP contribution in [0.2, 0.25) is 0 Å². The predicted molar refractivity (Wildman–Crippen MR) is 127 cm³/mol. The standard InChI is InChI=1S/C26H31N5O2/c1-17-16-33-14-13-31(17)24-15-23(18-8-11-30(12-9-18)26(32)19-5-6-19)28-25(29-24)21-7-10-27-22-4-2-3-20(21)22/h2-3,7,10,15,17-19H,4-6,8-9,11-14,16H2,1H3/t17-/m1/s1. The van der Waals surface area contributed by atoms with Crippen molar-refractivity contribution in [2.75, 3.05) is 37.7 Å². The van der Waals surface area contributed by atoms with Crippen LogP contribution < -0.4 is 4.90 Å². The second-order valence-electron chi connectivity index (χ2n) is 9.79. The van der Waals surface area contributed by atoms with Crippen molar-refractivity contribution in [1.82, 2.24) is 19.9 Å². The van der Waals surface area contributed by atoms with Gasteiger partial charge in [0.1, 0.15) is 5.82 Å². The van der Waals surface area contributed by atoms with Crippen molar-refractivity contribution in [2.45, 2.75) is 51.0 Å². The lowest BCUT2D eigenvalue weighted by molar-refractivity contribution is -0.133. The van der Waals surface area contributed by atoms with Crippen LogP contribution >= 0.6 is 0 Å². The molecule has 6 rings (SSSR count).